The maximum Gasteiger partial charge on any atom is 0.276 e. The topological polar surface area (TPSA) is 106 Å². The largest absolute Gasteiger partial charge is 0.383 e. The number of carbonyl (C=O) groups excluding carboxylic acids is 2. The van der Waals surface area contributed by atoms with Crippen molar-refractivity contribution in [3.8, 4) is 0 Å². The van der Waals surface area contributed by atoms with E-state index in [-0.39, 0.29) is 23.8 Å². The van der Waals surface area contributed by atoms with Crippen LogP contribution < -0.4 is 0 Å². The van der Waals surface area contributed by atoms with Crippen molar-refractivity contribution < 1.29 is 14.3 Å². The van der Waals surface area contributed by atoms with Crippen molar-refractivity contribution in [3.63, 3.8) is 0 Å². The lowest BCUT2D eigenvalue weighted by Gasteiger charge is -2.31. The van der Waals surface area contributed by atoms with Crippen molar-refractivity contribution in [1.82, 2.24) is 34.6 Å². The Hall–Kier alpha value is -2.92. The Labute approximate surface area is 201 Å². The van der Waals surface area contributed by atoms with Crippen LogP contribution in [0.25, 0.3) is 5.65 Å². The van der Waals surface area contributed by atoms with Gasteiger partial charge in [-0.3, -0.25) is 9.59 Å². The summed E-state index contributed by atoms with van der Waals surface area (Å²) in [6.45, 7) is 6.29. The molecular formula is C23H29N7O3S. The van der Waals surface area contributed by atoms with Gasteiger partial charge in [0.15, 0.2) is 11.3 Å². The molecule has 34 heavy (non-hydrogen) atoms. The molecule has 0 aliphatic carbocycles. The van der Waals surface area contributed by atoms with E-state index < -0.39 is 0 Å². The highest BCUT2D eigenvalue weighted by molar-refractivity contribution is 7.09. The zero-order chi connectivity index (χ0) is 23.8. The first kappa shape index (κ1) is 22.9. The molecular weight excluding hydrogens is 454 g/mol. The molecule has 5 rings (SSSR count). The van der Waals surface area contributed by atoms with Crippen LogP contribution in [-0.2, 0) is 4.74 Å². The Balaban J connectivity index is 1.23. The fourth-order valence-electron chi connectivity index (χ4n) is 4.94. The summed E-state index contributed by atoms with van der Waals surface area (Å²) in [6.07, 6.45) is 3.58. The van der Waals surface area contributed by atoms with Crippen molar-refractivity contribution in [2.75, 3.05) is 33.4 Å². The Morgan fingerprint density at radius 3 is 2.68 bits per heavy atom. The van der Waals surface area contributed by atoms with Gasteiger partial charge in [0.1, 0.15) is 5.69 Å². The molecule has 2 fully saturated rings. The van der Waals surface area contributed by atoms with Gasteiger partial charge in [0.2, 0.25) is 0 Å². The number of aromatic nitrogens is 5. The number of fused-ring (bicyclic) bond motifs is 1. The molecule has 3 aromatic heterocycles. The molecule has 0 saturated carbocycles. The highest BCUT2D eigenvalue weighted by atomic mass is 32.1. The van der Waals surface area contributed by atoms with E-state index in [0.717, 1.165) is 42.9 Å². The minimum Gasteiger partial charge on any atom is -0.383 e. The summed E-state index contributed by atoms with van der Waals surface area (Å²) >= 11 is 1.54. The summed E-state index contributed by atoms with van der Waals surface area (Å²) < 4.78 is 6.95. The molecule has 2 amide bonds. The van der Waals surface area contributed by atoms with Gasteiger partial charge in [-0.15, -0.1) is 21.5 Å². The summed E-state index contributed by atoms with van der Waals surface area (Å²) in [6, 6.07) is 1.97. The molecule has 10 nitrogen and oxygen atoms in total. The van der Waals surface area contributed by atoms with Crippen molar-refractivity contribution in [2.45, 2.75) is 51.5 Å². The van der Waals surface area contributed by atoms with E-state index in [4.69, 9.17) is 9.72 Å². The number of rotatable bonds is 5. The molecule has 180 valence electrons. The van der Waals surface area contributed by atoms with Crippen LogP contribution in [0.1, 0.15) is 69.0 Å². The monoisotopic (exact) mass is 483 g/mol. The third kappa shape index (κ3) is 4.18. The van der Waals surface area contributed by atoms with Gasteiger partial charge in [-0.25, -0.2) is 9.50 Å². The number of aryl methyl sites for hydroxylation is 2. The van der Waals surface area contributed by atoms with Crippen molar-refractivity contribution in [1.29, 1.82) is 0 Å². The highest BCUT2D eigenvalue weighted by Gasteiger charge is 2.32. The van der Waals surface area contributed by atoms with Crippen LogP contribution in [0.15, 0.2) is 11.4 Å². The van der Waals surface area contributed by atoms with Gasteiger partial charge in [0.05, 0.1) is 29.0 Å². The fourth-order valence-corrected chi connectivity index (χ4v) is 5.91. The molecule has 11 heteroatoms. The summed E-state index contributed by atoms with van der Waals surface area (Å²) in [5.41, 5.74) is 3.04. The maximum atomic E-state index is 13.1. The third-order valence-corrected chi connectivity index (χ3v) is 7.80. The smallest absolute Gasteiger partial charge is 0.276 e. The van der Waals surface area contributed by atoms with Crippen LogP contribution in [0.3, 0.4) is 0 Å². The average Bonchev–Trinajstić information content (AvgIpc) is 3.59. The van der Waals surface area contributed by atoms with Crippen LogP contribution in [0.5, 0.6) is 0 Å². The highest BCUT2D eigenvalue weighted by Crippen LogP contribution is 2.32. The number of carbonyl (C=O) groups is 2. The van der Waals surface area contributed by atoms with Crippen molar-refractivity contribution >= 4 is 28.8 Å². The Bertz CT molecular complexity index is 1210. The Morgan fingerprint density at radius 2 is 1.91 bits per heavy atom. The predicted molar refractivity (Wildman–Crippen MR) is 126 cm³/mol. The van der Waals surface area contributed by atoms with Gasteiger partial charge in [-0.1, -0.05) is 0 Å². The number of amides is 2. The van der Waals surface area contributed by atoms with Gasteiger partial charge in [-0.2, -0.15) is 5.10 Å². The predicted octanol–water partition coefficient (Wildman–Crippen LogP) is 2.47. The van der Waals surface area contributed by atoms with E-state index in [9.17, 15) is 9.59 Å². The standard InChI is InChI=1S/C23H29N7O3S/c1-14-11-19-25-26-20(15(2)30(19)27-14)23(32)28-9-6-16(7-10-28)21-24-18(13-34-21)22(31)29-8-4-5-17(29)12-33-3/h11,13,16-17H,4-10,12H2,1-3H3. The summed E-state index contributed by atoms with van der Waals surface area (Å²) in [5, 5.41) is 15.6. The van der Waals surface area contributed by atoms with E-state index in [1.165, 1.54) is 0 Å². The number of ether oxygens (including phenoxy) is 1. The zero-order valence-electron chi connectivity index (χ0n) is 19.7. The molecule has 3 aromatic rings. The van der Waals surface area contributed by atoms with Gasteiger partial charge in [0.25, 0.3) is 11.8 Å². The van der Waals surface area contributed by atoms with E-state index >= 15 is 0 Å². The number of thiazole rings is 1. The first-order chi connectivity index (χ1) is 16.5. The molecule has 5 heterocycles. The number of piperidine rings is 1. The van der Waals surface area contributed by atoms with Crippen molar-refractivity contribution in [2.24, 2.45) is 0 Å². The van der Waals surface area contributed by atoms with E-state index in [1.54, 1.807) is 23.0 Å². The Morgan fingerprint density at radius 1 is 1.12 bits per heavy atom. The van der Waals surface area contributed by atoms with Gasteiger partial charge >= 0.3 is 0 Å². The average molecular weight is 484 g/mol. The van der Waals surface area contributed by atoms with Crippen LogP contribution in [0.2, 0.25) is 0 Å². The zero-order valence-corrected chi connectivity index (χ0v) is 20.5. The quantitative estimate of drug-likeness (QED) is 0.549. The maximum absolute atomic E-state index is 13.1. The van der Waals surface area contributed by atoms with E-state index in [0.29, 0.717) is 42.4 Å². The van der Waals surface area contributed by atoms with Crippen molar-refractivity contribution in [3.05, 3.63) is 39.2 Å². The second kappa shape index (κ2) is 9.38. The number of nitrogens with zero attached hydrogens (tertiary/aromatic N) is 7. The Kier molecular flexibility index (Phi) is 6.30. The second-order valence-corrected chi connectivity index (χ2v) is 9.97. The number of hydrogen-bond acceptors (Lipinski definition) is 8. The van der Waals surface area contributed by atoms with Gasteiger partial charge < -0.3 is 14.5 Å². The SMILES string of the molecule is COCC1CCCN1C(=O)c1csc(C2CCN(C(=O)c3nnc4cc(C)nn4c3C)CC2)n1. The molecule has 2 aliphatic heterocycles. The lowest BCUT2D eigenvalue weighted by atomic mass is 9.97. The molecule has 2 aliphatic rings. The first-order valence-corrected chi connectivity index (χ1v) is 12.6. The third-order valence-electron chi connectivity index (χ3n) is 6.80. The molecule has 0 aromatic carbocycles. The summed E-state index contributed by atoms with van der Waals surface area (Å²) in [4.78, 5) is 34.6. The summed E-state index contributed by atoms with van der Waals surface area (Å²) in [7, 11) is 1.67. The molecule has 0 N–H and O–H groups in total. The lowest BCUT2D eigenvalue weighted by Crippen LogP contribution is -2.39. The van der Waals surface area contributed by atoms with Crippen LogP contribution in [0, 0.1) is 13.8 Å². The van der Waals surface area contributed by atoms with Crippen LogP contribution >= 0.6 is 11.3 Å². The second-order valence-electron chi connectivity index (χ2n) is 9.08. The molecule has 0 spiro atoms. The first-order valence-electron chi connectivity index (χ1n) is 11.7. The number of methoxy groups -OCH3 is 1. The van der Waals surface area contributed by atoms with Gasteiger partial charge in [0, 0.05) is 44.1 Å². The van der Waals surface area contributed by atoms with Gasteiger partial charge in [-0.05, 0) is 39.5 Å². The molecule has 1 unspecified atom stereocenters. The molecule has 0 bridgehead atoms. The molecule has 2 saturated heterocycles. The minimum absolute atomic E-state index is 0.00652. The lowest BCUT2D eigenvalue weighted by molar-refractivity contribution is 0.0625. The summed E-state index contributed by atoms with van der Waals surface area (Å²) in [5.74, 6) is 0.118. The van der Waals surface area contributed by atoms with Crippen LogP contribution in [0.4, 0.5) is 0 Å². The fraction of sp³-hybridized carbons (Fsp3) is 0.565. The molecule has 1 atom stereocenters. The number of likely N-dealkylation sites (tertiary alicyclic amines) is 2. The normalized spacial score (nSPS) is 19.3. The van der Waals surface area contributed by atoms with E-state index in [1.807, 2.05) is 35.1 Å². The molecule has 0 radical (unpaired) electrons. The van der Waals surface area contributed by atoms with Crippen LogP contribution in [-0.4, -0.2) is 85.8 Å². The van der Waals surface area contributed by atoms with E-state index in [2.05, 4.69) is 15.3 Å². The minimum atomic E-state index is -0.119. The number of hydrogen-bond donors (Lipinski definition) is 0.